The van der Waals surface area contributed by atoms with E-state index < -0.39 is 18.1 Å². The summed E-state index contributed by atoms with van der Waals surface area (Å²) in [7, 11) is 0. The predicted octanol–water partition coefficient (Wildman–Crippen LogP) is 5.45. The van der Waals surface area contributed by atoms with E-state index in [1.807, 2.05) is 0 Å². The van der Waals surface area contributed by atoms with Gasteiger partial charge in [-0.1, -0.05) is 47.7 Å². The molecule has 1 heterocycles. The molecular formula is C23H16ClFN2O3. The summed E-state index contributed by atoms with van der Waals surface area (Å²) in [4.78, 5) is 18.6. The van der Waals surface area contributed by atoms with Crippen LogP contribution in [-0.4, -0.2) is 27.2 Å². The molecule has 2 atom stereocenters. The van der Waals surface area contributed by atoms with Gasteiger partial charge in [-0.3, -0.25) is 0 Å². The van der Waals surface area contributed by atoms with Crippen molar-refractivity contribution in [1.82, 2.24) is 9.97 Å². The van der Waals surface area contributed by atoms with Crippen molar-refractivity contribution >= 4 is 28.6 Å². The van der Waals surface area contributed by atoms with Crippen molar-refractivity contribution in [2.45, 2.75) is 13.1 Å². The van der Waals surface area contributed by atoms with Crippen molar-refractivity contribution in [2.24, 2.45) is 5.92 Å². The molecule has 2 N–H and O–H groups in total. The van der Waals surface area contributed by atoms with Crippen molar-refractivity contribution in [3.05, 3.63) is 76.3 Å². The van der Waals surface area contributed by atoms with Crippen LogP contribution in [0.2, 0.25) is 5.02 Å². The third-order valence-electron chi connectivity index (χ3n) is 4.64. The van der Waals surface area contributed by atoms with Crippen LogP contribution in [0.1, 0.15) is 21.5 Å². The first-order valence-corrected chi connectivity index (χ1v) is 9.50. The van der Waals surface area contributed by atoms with Crippen LogP contribution in [0.3, 0.4) is 0 Å². The molecule has 2 unspecified atom stereocenters. The quantitative estimate of drug-likeness (QED) is 0.550. The molecule has 4 rings (SSSR count). The van der Waals surface area contributed by atoms with Gasteiger partial charge in [-0.25, -0.2) is 9.18 Å². The zero-order valence-electron chi connectivity index (χ0n) is 15.8. The lowest BCUT2D eigenvalue weighted by Crippen LogP contribution is -2.10. The number of allylic oxidation sites excluding steroid dienone is 4. The first kappa shape index (κ1) is 19.7. The highest BCUT2D eigenvalue weighted by atomic mass is 35.5. The minimum absolute atomic E-state index is 0.155. The number of halogens is 2. The van der Waals surface area contributed by atoms with Crippen molar-refractivity contribution in [3.8, 4) is 23.6 Å². The average Bonchev–Trinajstić information content (AvgIpc) is 3.09. The Hall–Kier alpha value is -3.56. The molecule has 1 aliphatic carbocycles. The lowest BCUT2D eigenvalue weighted by Gasteiger charge is -2.10. The summed E-state index contributed by atoms with van der Waals surface area (Å²) in [6.07, 6.45) is 5.44. The maximum absolute atomic E-state index is 13.9. The van der Waals surface area contributed by atoms with Crippen LogP contribution < -0.4 is 4.74 Å². The SMILES string of the molecule is Cc1ccc(Oc2nc3cc(Cl)c(C#CC4C=CC=CC4F)cc3[nH]2)cc1C(=O)O. The van der Waals surface area contributed by atoms with Crippen LogP contribution in [0.15, 0.2) is 54.6 Å². The number of hydrogen-bond donors (Lipinski definition) is 2. The van der Waals surface area contributed by atoms with Gasteiger partial charge in [0.25, 0.3) is 6.01 Å². The maximum atomic E-state index is 13.9. The number of aromatic amines is 1. The van der Waals surface area contributed by atoms with E-state index >= 15 is 0 Å². The van der Waals surface area contributed by atoms with Crippen LogP contribution >= 0.6 is 11.6 Å². The Morgan fingerprint density at radius 2 is 2.07 bits per heavy atom. The Morgan fingerprint density at radius 3 is 2.83 bits per heavy atom. The molecule has 1 aromatic heterocycles. The third kappa shape index (κ3) is 4.07. The lowest BCUT2D eigenvalue weighted by molar-refractivity contribution is 0.0695. The predicted molar refractivity (Wildman–Crippen MR) is 113 cm³/mol. The lowest BCUT2D eigenvalue weighted by atomic mass is 9.99. The smallest absolute Gasteiger partial charge is 0.336 e. The van der Waals surface area contributed by atoms with Crippen molar-refractivity contribution < 1.29 is 19.0 Å². The first-order valence-electron chi connectivity index (χ1n) is 9.12. The van der Waals surface area contributed by atoms with E-state index in [4.69, 9.17) is 16.3 Å². The number of nitrogens with one attached hydrogen (secondary N) is 1. The third-order valence-corrected chi connectivity index (χ3v) is 4.96. The average molecular weight is 423 g/mol. The zero-order chi connectivity index (χ0) is 21.3. The van der Waals surface area contributed by atoms with Gasteiger partial charge in [0, 0.05) is 5.56 Å². The monoisotopic (exact) mass is 422 g/mol. The highest BCUT2D eigenvalue weighted by Gasteiger charge is 2.15. The fourth-order valence-corrected chi connectivity index (χ4v) is 3.23. The largest absolute Gasteiger partial charge is 0.478 e. The van der Waals surface area contributed by atoms with Gasteiger partial charge in [0.2, 0.25) is 0 Å². The molecule has 30 heavy (non-hydrogen) atoms. The standard InChI is InChI=1S/C23H16ClFN2O3/c1-13-6-9-16(11-17(13)22(28)29)30-23-26-20-10-15(18(24)12-21(20)27-23)8-7-14-4-2-3-5-19(14)25/h2-6,9-12,14,19H,1H3,(H,26,27)(H,28,29). The maximum Gasteiger partial charge on any atom is 0.336 e. The minimum atomic E-state index is -1.15. The fourth-order valence-electron chi connectivity index (χ4n) is 3.03. The van der Waals surface area contributed by atoms with E-state index in [0.29, 0.717) is 32.9 Å². The second kappa shape index (κ2) is 8.05. The van der Waals surface area contributed by atoms with Crippen molar-refractivity contribution in [1.29, 1.82) is 0 Å². The summed E-state index contributed by atoms with van der Waals surface area (Å²) >= 11 is 6.31. The van der Waals surface area contributed by atoms with Gasteiger partial charge in [-0.2, -0.15) is 4.98 Å². The molecule has 1 aliphatic rings. The number of nitrogens with zero attached hydrogens (tertiary/aromatic N) is 1. The molecule has 5 nitrogen and oxygen atoms in total. The van der Waals surface area contributed by atoms with Crippen LogP contribution in [0.25, 0.3) is 11.0 Å². The zero-order valence-corrected chi connectivity index (χ0v) is 16.6. The molecule has 150 valence electrons. The second-order valence-electron chi connectivity index (χ2n) is 6.78. The van der Waals surface area contributed by atoms with Crippen LogP contribution in [-0.2, 0) is 0 Å². The summed E-state index contributed by atoms with van der Waals surface area (Å²) in [5.74, 6) is 4.61. The number of imidazole rings is 1. The van der Waals surface area contributed by atoms with E-state index in [-0.39, 0.29) is 11.6 Å². The van der Waals surface area contributed by atoms with Crippen LogP contribution in [0.5, 0.6) is 11.8 Å². The normalized spacial score (nSPS) is 17.6. The van der Waals surface area contributed by atoms with Crippen molar-refractivity contribution in [3.63, 3.8) is 0 Å². The van der Waals surface area contributed by atoms with Crippen LogP contribution in [0.4, 0.5) is 4.39 Å². The van der Waals surface area contributed by atoms with Crippen LogP contribution in [0, 0.1) is 24.7 Å². The molecule has 0 radical (unpaired) electrons. The van der Waals surface area contributed by atoms with E-state index in [1.165, 1.54) is 12.1 Å². The molecule has 3 aromatic rings. The Labute approximate surface area is 176 Å². The van der Waals surface area contributed by atoms with E-state index in [0.717, 1.165) is 0 Å². The number of benzene rings is 2. The molecule has 0 aliphatic heterocycles. The summed E-state index contributed by atoms with van der Waals surface area (Å²) in [6.45, 7) is 1.71. The number of alkyl halides is 1. The molecule has 0 amide bonds. The van der Waals surface area contributed by atoms with E-state index in [1.54, 1.807) is 49.4 Å². The Kier molecular flexibility index (Phi) is 5.30. The number of aromatic carboxylic acids is 1. The van der Waals surface area contributed by atoms with Crippen molar-refractivity contribution in [2.75, 3.05) is 0 Å². The number of aryl methyl sites for hydroxylation is 1. The first-order chi connectivity index (χ1) is 14.4. The molecule has 0 fully saturated rings. The van der Waals surface area contributed by atoms with E-state index in [2.05, 4.69) is 21.8 Å². The number of carboxylic acids is 1. The molecule has 0 bridgehead atoms. The number of H-pyrrole nitrogens is 1. The van der Waals surface area contributed by atoms with Gasteiger partial charge in [0.15, 0.2) is 0 Å². The second-order valence-corrected chi connectivity index (χ2v) is 7.19. The Morgan fingerprint density at radius 1 is 1.27 bits per heavy atom. The highest BCUT2D eigenvalue weighted by molar-refractivity contribution is 6.32. The summed E-state index contributed by atoms with van der Waals surface area (Å²) < 4.78 is 19.6. The fraction of sp³-hybridized carbons (Fsp3) is 0.130. The molecular weight excluding hydrogens is 407 g/mol. The Balaban J connectivity index is 1.61. The number of rotatable bonds is 3. The van der Waals surface area contributed by atoms with Gasteiger partial charge in [-0.15, -0.1) is 0 Å². The molecule has 0 spiro atoms. The van der Waals surface area contributed by atoms with Gasteiger partial charge < -0.3 is 14.8 Å². The number of carboxylic acid groups (broad SMARTS) is 1. The summed E-state index contributed by atoms with van der Waals surface area (Å²) in [5.41, 5.74) is 2.53. The molecule has 2 aromatic carbocycles. The Bertz CT molecular complexity index is 1270. The molecule has 0 saturated heterocycles. The number of aromatic nitrogens is 2. The molecule has 7 heteroatoms. The van der Waals surface area contributed by atoms with E-state index in [9.17, 15) is 14.3 Å². The minimum Gasteiger partial charge on any atom is -0.478 e. The topological polar surface area (TPSA) is 75.2 Å². The number of ether oxygens (including phenoxy) is 1. The van der Waals surface area contributed by atoms with Gasteiger partial charge in [-0.05, 0) is 42.8 Å². The number of carbonyl (C=O) groups is 1. The van der Waals surface area contributed by atoms with Gasteiger partial charge in [0.1, 0.15) is 11.9 Å². The number of hydrogen-bond acceptors (Lipinski definition) is 3. The highest BCUT2D eigenvalue weighted by Crippen LogP contribution is 2.27. The summed E-state index contributed by atoms with van der Waals surface area (Å²) in [6, 6.07) is 8.32. The van der Waals surface area contributed by atoms with Gasteiger partial charge in [0.05, 0.1) is 27.5 Å². The van der Waals surface area contributed by atoms with Gasteiger partial charge >= 0.3 is 5.97 Å². The summed E-state index contributed by atoms with van der Waals surface area (Å²) in [5, 5.41) is 9.65. The number of fused-ring (bicyclic) bond motifs is 1. The molecule has 0 saturated carbocycles.